The van der Waals surface area contributed by atoms with Gasteiger partial charge in [-0.2, -0.15) is 0 Å². The van der Waals surface area contributed by atoms with Gasteiger partial charge >= 0.3 is 0 Å². The van der Waals surface area contributed by atoms with Crippen molar-refractivity contribution in [3.8, 4) is 5.88 Å². The molecule has 1 aromatic heterocycles. The predicted octanol–water partition coefficient (Wildman–Crippen LogP) is 2.52. The van der Waals surface area contributed by atoms with Crippen molar-refractivity contribution in [2.45, 2.75) is 6.92 Å². The summed E-state index contributed by atoms with van der Waals surface area (Å²) in [7, 11) is 0. The van der Waals surface area contributed by atoms with Crippen molar-refractivity contribution >= 4 is 29.3 Å². The second kappa shape index (κ2) is 3.73. The lowest BCUT2D eigenvalue weighted by Gasteiger charge is -2.02. The molecule has 0 aliphatic heterocycles. The van der Waals surface area contributed by atoms with Crippen LogP contribution >= 0.6 is 23.6 Å². The Labute approximate surface area is 79.3 Å². The minimum atomic E-state index is 0.0310. The van der Waals surface area contributed by atoms with Gasteiger partial charge in [-0.05, 0) is 19.1 Å². The topological polar surface area (TPSA) is 45.2 Å². The molecule has 0 amide bonds. The molecule has 3 nitrogen and oxygen atoms in total. The summed E-state index contributed by atoms with van der Waals surface area (Å²) in [5.41, 5.74) is 0. The van der Waals surface area contributed by atoms with Crippen molar-refractivity contribution < 1.29 is 9.84 Å². The zero-order valence-corrected chi connectivity index (χ0v) is 8.22. The van der Waals surface area contributed by atoms with Gasteiger partial charge in [0, 0.05) is 0 Å². The number of aromatic nitrogens is 1. The number of H-pyrrole nitrogens is 1. The Morgan fingerprint density at radius 3 is 2.92 bits per heavy atom. The molecule has 1 rings (SSSR count). The lowest BCUT2D eigenvalue weighted by Crippen LogP contribution is -1.86. The lowest BCUT2D eigenvalue weighted by atomic mass is 10.4. The van der Waals surface area contributed by atoms with Gasteiger partial charge in [0.05, 0.1) is 6.61 Å². The Morgan fingerprint density at radius 1 is 1.83 bits per heavy atom. The summed E-state index contributed by atoms with van der Waals surface area (Å²) < 4.78 is 5.63. The Kier molecular flexibility index (Phi) is 2.88. The summed E-state index contributed by atoms with van der Waals surface area (Å²) in [6, 6.07) is 0. The molecule has 0 saturated carbocycles. The van der Waals surface area contributed by atoms with Crippen molar-refractivity contribution in [2.24, 2.45) is 0 Å². The largest absolute Gasteiger partial charge is 0.493 e. The molecule has 1 heterocycles. The maximum Gasteiger partial charge on any atom is 0.211 e. The van der Waals surface area contributed by atoms with Crippen molar-refractivity contribution in [2.75, 3.05) is 6.61 Å². The molecule has 66 valence electrons. The molecule has 0 bridgehead atoms. The monoisotopic (exact) mass is 203 g/mol. The van der Waals surface area contributed by atoms with Gasteiger partial charge in [-0.15, -0.1) is 0 Å². The summed E-state index contributed by atoms with van der Waals surface area (Å²) in [6.07, 6.45) is 0. The van der Waals surface area contributed by atoms with E-state index in [2.05, 4.69) is 11.6 Å². The number of aromatic hydroxyl groups is 1. The summed E-state index contributed by atoms with van der Waals surface area (Å²) in [5.74, 6) is 0.482. The first-order chi connectivity index (χ1) is 5.65. The SMILES string of the molecule is C=C(OCC)c1sc(=S)[nH]c1O. The van der Waals surface area contributed by atoms with E-state index in [0.29, 0.717) is 21.2 Å². The second-order valence-corrected chi connectivity index (χ2v) is 3.74. The van der Waals surface area contributed by atoms with Gasteiger partial charge in [-0.25, -0.2) is 0 Å². The van der Waals surface area contributed by atoms with E-state index in [4.69, 9.17) is 17.0 Å². The molecule has 2 N–H and O–H groups in total. The van der Waals surface area contributed by atoms with Gasteiger partial charge in [0.15, 0.2) is 3.95 Å². The van der Waals surface area contributed by atoms with Crippen LogP contribution in [0, 0.1) is 3.95 Å². The fourth-order valence-electron chi connectivity index (χ4n) is 0.749. The number of hydrogen-bond acceptors (Lipinski definition) is 4. The first-order valence-electron chi connectivity index (χ1n) is 3.39. The van der Waals surface area contributed by atoms with Crippen molar-refractivity contribution in [3.05, 3.63) is 15.4 Å². The Hall–Kier alpha value is -0.810. The van der Waals surface area contributed by atoms with Crippen molar-refractivity contribution in [3.63, 3.8) is 0 Å². The minimum Gasteiger partial charge on any atom is -0.493 e. The van der Waals surface area contributed by atoms with Crippen LogP contribution in [0.3, 0.4) is 0 Å². The van der Waals surface area contributed by atoms with E-state index in [1.165, 1.54) is 11.3 Å². The first kappa shape index (κ1) is 9.28. The molecule has 0 radical (unpaired) electrons. The molecule has 0 aliphatic rings. The lowest BCUT2D eigenvalue weighted by molar-refractivity contribution is 0.298. The molecule has 1 aromatic rings. The molecule has 0 spiro atoms. The fourth-order valence-corrected chi connectivity index (χ4v) is 1.75. The fraction of sp³-hybridized carbons (Fsp3) is 0.286. The van der Waals surface area contributed by atoms with E-state index in [9.17, 15) is 5.11 Å². The highest BCUT2D eigenvalue weighted by Crippen LogP contribution is 2.28. The van der Waals surface area contributed by atoms with Crippen molar-refractivity contribution in [1.29, 1.82) is 0 Å². The number of hydrogen-bond donors (Lipinski definition) is 2. The number of nitrogens with one attached hydrogen (secondary N) is 1. The highest BCUT2D eigenvalue weighted by atomic mass is 32.1. The maximum absolute atomic E-state index is 9.28. The predicted molar refractivity (Wildman–Crippen MR) is 51.8 cm³/mol. The van der Waals surface area contributed by atoms with Crippen LogP contribution in [0.2, 0.25) is 0 Å². The Morgan fingerprint density at radius 2 is 2.50 bits per heavy atom. The highest BCUT2D eigenvalue weighted by Gasteiger charge is 2.08. The van der Waals surface area contributed by atoms with Gasteiger partial charge in [0.25, 0.3) is 0 Å². The van der Waals surface area contributed by atoms with Crippen LogP contribution in [-0.4, -0.2) is 16.7 Å². The van der Waals surface area contributed by atoms with Gasteiger partial charge in [-0.1, -0.05) is 17.9 Å². The van der Waals surface area contributed by atoms with Gasteiger partial charge < -0.3 is 14.8 Å². The molecular formula is C7H9NO2S2. The third kappa shape index (κ3) is 1.86. The standard InChI is InChI=1S/C7H9NO2S2/c1-3-10-4(2)5-6(9)8-7(11)12-5/h9H,2-3H2,1H3,(H,8,11). The zero-order chi connectivity index (χ0) is 9.14. The average Bonchev–Trinajstić information content (AvgIpc) is 2.30. The third-order valence-electron chi connectivity index (χ3n) is 1.20. The molecule has 5 heteroatoms. The number of rotatable bonds is 3. The number of aromatic amines is 1. The zero-order valence-electron chi connectivity index (χ0n) is 6.59. The molecule has 0 aromatic carbocycles. The van der Waals surface area contributed by atoms with Crippen LogP contribution in [0.15, 0.2) is 6.58 Å². The van der Waals surface area contributed by atoms with Gasteiger partial charge in [-0.3, -0.25) is 0 Å². The molecule has 0 unspecified atom stereocenters. The van der Waals surface area contributed by atoms with E-state index >= 15 is 0 Å². The third-order valence-corrected chi connectivity index (χ3v) is 2.47. The summed E-state index contributed by atoms with van der Waals surface area (Å²) >= 11 is 6.08. The Balaban J connectivity index is 2.94. The normalized spacial score (nSPS) is 9.75. The maximum atomic E-state index is 9.28. The highest BCUT2D eigenvalue weighted by molar-refractivity contribution is 7.73. The van der Waals surface area contributed by atoms with Crippen LogP contribution in [0.5, 0.6) is 5.88 Å². The van der Waals surface area contributed by atoms with Crippen LogP contribution in [0.25, 0.3) is 5.76 Å². The van der Waals surface area contributed by atoms with Crippen LogP contribution in [0.4, 0.5) is 0 Å². The van der Waals surface area contributed by atoms with Crippen LogP contribution in [-0.2, 0) is 4.74 Å². The van der Waals surface area contributed by atoms with E-state index in [1.54, 1.807) is 0 Å². The average molecular weight is 203 g/mol. The van der Waals surface area contributed by atoms with E-state index in [-0.39, 0.29) is 5.88 Å². The summed E-state index contributed by atoms with van der Waals surface area (Å²) in [5, 5.41) is 9.28. The number of ether oxygens (including phenoxy) is 1. The first-order valence-corrected chi connectivity index (χ1v) is 4.61. The van der Waals surface area contributed by atoms with Gasteiger partial charge in [0.1, 0.15) is 10.6 Å². The summed E-state index contributed by atoms with van der Waals surface area (Å²) in [6.45, 7) is 6.04. The van der Waals surface area contributed by atoms with E-state index in [1.807, 2.05) is 6.92 Å². The minimum absolute atomic E-state index is 0.0310. The quantitative estimate of drug-likeness (QED) is 0.586. The smallest absolute Gasteiger partial charge is 0.211 e. The molecule has 12 heavy (non-hydrogen) atoms. The summed E-state index contributed by atoms with van der Waals surface area (Å²) in [4.78, 5) is 3.17. The van der Waals surface area contributed by atoms with E-state index < -0.39 is 0 Å². The van der Waals surface area contributed by atoms with Gasteiger partial charge in [0.2, 0.25) is 5.88 Å². The number of thiazole rings is 1. The van der Waals surface area contributed by atoms with Crippen molar-refractivity contribution in [1.82, 2.24) is 4.98 Å². The molecule has 0 saturated heterocycles. The van der Waals surface area contributed by atoms with Crippen LogP contribution in [0.1, 0.15) is 11.8 Å². The molecule has 0 fully saturated rings. The van der Waals surface area contributed by atoms with Crippen LogP contribution < -0.4 is 0 Å². The second-order valence-electron chi connectivity index (χ2n) is 2.05. The molecular weight excluding hydrogens is 194 g/mol. The molecule has 0 aliphatic carbocycles. The Bertz CT molecular complexity index is 339. The molecule has 0 atom stereocenters. The van der Waals surface area contributed by atoms with E-state index in [0.717, 1.165) is 0 Å².